The Hall–Kier alpha value is -1.20. The Bertz CT molecular complexity index is 406. The normalized spacial score (nSPS) is 18.9. The molecule has 0 bridgehead atoms. The quantitative estimate of drug-likeness (QED) is 0.500. The number of nitrogens with one attached hydrogen (secondary N) is 1. The number of methoxy groups -OCH3 is 1. The van der Waals surface area contributed by atoms with E-state index in [1.165, 1.54) is 32.8 Å². The summed E-state index contributed by atoms with van der Waals surface area (Å²) in [6.07, 6.45) is 8.63. The van der Waals surface area contributed by atoms with Crippen molar-refractivity contribution in [3.8, 4) is 5.88 Å². The molecule has 2 rings (SSSR count). The molecule has 0 radical (unpaired) electrons. The smallest absolute Gasteiger partial charge is 0.250 e. The van der Waals surface area contributed by atoms with Crippen LogP contribution in [-0.4, -0.2) is 12.1 Å². The zero-order valence-corrected chi connectivity index (χ0v) is 11.4. The molecule has 1 aromatic rings. The average Bonchev–Trinajstić information content (AvgIpc) is 2.71. The molecule has 0 aromatic carbocycles. The largest absolute Gasteiger partial charge is 0.479 e. The fraction of sp³-hybridized carbons (Fsp3) is 0.643. The van der Waals surface area contributed by atoms with E-state index in [1.54, 1.807) is 12.3 Å². The Morgan fingerprint density at radius 2 is 2.05 bits per heavy atom. The molecule has 1 saturated carbocycles. The van der Waals surface area contributed by atoms with Crippen LogP contribution in [-0.2, 0) is 0 Å². The molecule has 106 valence electrons. The Balaban J connectivity index is 2.25. The van der Waals surface area contributed by atoms with Gasteiger partial charge in [0, 0.05) is 11.8 Å². The first-order chi connectivity index (χ1) is 9.27. The first kappa shape index (κ1) is 14.2. The molecule has 0 aliphatic heterocycles. The van der Waals surface area contributed by atoms with Gasteiger partial charge < -0.3 is 4.74 Å². The van der Waals surface area contributed by atoms with Crippen molar-refractivity contribution in [2.75, 3.05) is 7.11 Å². The van der Waals surface area contributed by atoms with E-state index in [4.69, 9.17) is 10.6 Å². The third-order valence-corrected chi connectivity index (χ3v) is 3.97. The van der Waals surface area contributed by atoms with Gasteiger partial charge in [-0.15, -0.1) is 0 Å². The lowest BCUT2D eigenvalue weighted by molar-refractivity contribution is 0.311. The van der Waals surface area contributed by atoms with Crippen molar-refractivity contribution in [2.45, 2.75) is 44.6 Å². The van der Waals surface area contributed by atoms with E-state index in [2.05, 4.69) is 10.4 Å². The highest BCUT2D eigenvalue weighted by Gasteiger charge is 2.27. The van der Waals surface area contributed by atoms with Crippen LogP contribution in [0.5, 0.6) is 5.88 Å². The molecule has 1 heterocycles. The second-order valence-corrected chi connectivity index (χ2v) is 5.12. The third kappa shape index (κ3) is 3.22. The van der Waals surface area contributed by atoms with E-state index in [9.17, 15) is 4.39 Å². The van der Waals surface area contributed by atoms with E-state index < -0.39 is 5.82 Å². The maximum absolute atomic E-state index is 14.3. The number of pyridine rings is 1. The summed E-state index contributed by atoms with van der Waals surface area (Å²) < 4.78 is 19.2. The van der Waals surface area contributed by atoms with Crippen molar-refractivity contribution < 1.29 is 9.13 Å². The maximum Gasteiger partial charge on any atom is 0.250 e. The number of nitrogens with two attached hydrogens (primary N) is 1. The zero-order valence-electron chi connectivity index (χ0n) is 11.4. The molecule has 1 aromatic heterocycles. The molecule has 1 aliphatic rings. The molecule has 1 unspecified atom stereocenters. The van der Waals surface area contributed by atoms with Crippen LogP contribution in [0, 0.1) is 11.7 Å². The highest BCUT2D eigenvalue weighted by molar-refractivity contribution is 5.27. The fourth-order valence-electron chi connectivity index (χ4n) is 2.95. The number of rotatable bonds is 4. The summed E-state index contributed by atoms with van der Waals surface area (Å²) in [6.45, 7) is 0. The third-order valence-electron chi connectivity index (χ3n) is 3.97. The average molecular weight is 267 g/mol. The van der Waals surface area contributed by atoms with E-state index in [-0.39, 0.29) is 11.9 Å². The SMILES string of the molecule is COc1nccc(C(NN)C2CCCCCC2)c1F. The highest BCUT2D eigenvalue weighted by atomic mass is 19.1. The molecule has 0 saturated heterocycles. The van der Waals surface area contributed by atoms with Gasteiger partial charge in [-0.1, -0.05) is 25.7 Å². The molecule has 1 atom stereocenters. The zero-order chi connectivity index (χ0) is 13.7. The van der Waals surface area contributed by atoms with Crippen molar-refractivity contribution >= 4 is 0 Å². The van der Waals surface area contributed by atoms with Gasteiger partial charge >= 0.3 is 0 Å². The van der Waals surface area contributed by atoms with Gasteiger partial charge in [0.1, 0.15) is 0 Å². The van der Waals surface area contributed by atoms with Crippen molar-refractivity contribution in [2.24, 2.45) is 11.8 Å². The number of aromatic nitrogens is 1. The number of ether oxygens (including phenoxy) is 1. The molecule has 1 fully saturated rings. The molecular formula is C14H22FN3O. The minimum absolute atomic E-state index is 0.0337. The summed E-state index contributed by atoms with van der Waals surface area (Å²) >= 11 is 0. The fourth-order valence-corrected chi connectivity index (χ4v) is 2.95. The summed E-state index contributed by atoms with van der Waals surface area (Å²) in [4.78, 5) is 3.87. The van der Waals surface area contributed by atoms with Crippen LogP contribution >= 0.6 is 0 Å². The van der Waals surface area contributed by atoms with Gasteiger partial charge in [0.05, 0.1) is 13.2 Å². The molecular weight excluding hydrogens is 245 g/mol. The molecule has 3 N–H and O–H groups in total. The van der Waals surface area contributed by atoms with Crippen LogP contribution in [0.3, 0.4) is 0 Å². The summed E-state index contributed by atoms with van der Waals surface area (Å²) in [6, 6.07) is 1.52. The number of hydrogen-bond donors (Lipinski definition) is 2. The minimum Gasteiger partial charge on any atom is -0.479 e. The topological polar surface area (TPSA) is 60.2 Å². The van der Waals surface area contributed by atoms with Crippen LogP contribution in [0.15, 0.2) is 12.3 Å². The van der Waals surface area contributed by atoms with Gasteiger partial charge in [-0.25, -0.2) is 9.37 Å². The van der Waals surface area contributed by atoms with Gasteiger partial charge in [0.2, 0.25) is 5.88 Å². The van der Waals surface area contributed by atoms with Gasteiger partial charge in [-0.2, -0.15) is 0 Å². The van der Waals surface area contributed by atoms with Gasteiger partial charge in [0.15, 0.2) is 5.82 Å². The van der Waals surface area contributed by atoms with Crippen LogP contribution in [0.2, 0.25) is 0 Å². The van der Waals surface area contributed by atoms with E-state index in [0.29, 0.717) is 11.5 Å². The summed E-state index contributed by atoms with van der Waals surface area (Å²) in [5, 5.41) is 0. The Morgan fingerprint density at radius 3 is 2.63 bits per heavy atom. The molecule has 0 spiro atoms. The van der Waals surface area contributed by atoms with Gasteiger partial charge in [0.25, 0.3) is 0 Å². The van der Waals surface area contributed by atoms with Gasteiger partial charge in [-0.3, -0.25) is 11.3 Å². The van der Waals surface area contributed by atoms with Gasteiger partial charge in [-0.05, 0) is 24.8 Å². The number of halogens is 1. The second kappa shape index (κ2) is 6.82. The summed E-state index contributed by atoms with van der Waals surface area (Å²) in [7, 11) is 1.42. The molecule has 0 amide bonds. The van der Waals surface area contributed by atoms with Crippen molar-refractivity contribution in [3.05, 3.63) is 23.6 Å². The number of hydrogen-bond acceptors (Lipinski definition) is 4. The number of nitrogens with zero attached hydrogens (tertiary/aromatic N) is 1. The predicted molar refractivity (Wildman–Crippen MR) is 72.0 cm³/mol. The Kier molecular flexibility index (Phi) is 5.10. The van der Waals surface area contributed by atoms with E-state index in [0.717, 1.165) is 12.8 Å². The summed E-state index contributed by atoms with van der Waals surface area (Å²) in [5.41, 5.74) is 3.34. The van der Waals surface area contributed by atoms with Crippen molar-refractivity contribution in [1.29, 1.82) is 0 Å². The minimum atomic E-state index is -0.405. The number of hydrazine groups is 1. The van der Waals surface area contributed by atoms with Crippen LogP contribution < -0.4 is 16.0 Å². The Morgan fingerprint density at radius 1 is 1.37 bits per heavy atom. The molecule has 1 aliphatic carbocycles. The lowest BCUT2D eigenvalue weighted by atomic mass is 9.87. The molecule has 5 heteroatoms. The van der Waals surface area contributed by atoms with Crippen molar-refractivity contribution in [1.82, 2.24) is 10.4 Å². The van der Waals surface area contributed by atoms with Crippen molar-refractivity contribution in [3.63, 3.8) is 0 Å². The van der Waals surface area contributed by atoms with E-state index >= 15 is 0 Å². The molecule has 19 heavy (non-hydrogen) atoms. The summed E-state index contributed by atoms with van der Waals surface area (Å²) in [5.74, 6) is 5.67. The second-order valence-electron chi connectivity index (χ2n) is 5.12. The van der Waals surface area contributed by atoms with Crippen LogP contribution in [0.4, 0.5) is 4.39 Å². The monoisotopic (exact) mass is 267 g/mol. The molecule has 4 nitrogen and oxygen atoms in total. The predicted octanol–water partition coefficient (Wildman–Crippen LogP) is 2.70. The van der Waals surface area contributed by atoms with Crippen LogP contribution in [0.25, 0.3) is 0 Å². The maximum atomic E-state index is 14.3. The first-order valence-corrected chi connectivity index (χ1v) is 6.92. The van der Waals surface area contributed by atoms with E-state index in [1.807, 2.05) is 0 Å². The lowest BCUT2D eigenvalue weighted by Gasteiger charge is -2.26. The lowest BCUT2D eigenvalue weighted by Crippen LogP contribution is -2.34. The first-order valence-electron chi connectivity index (χ1n) is 6.92. The highest BCUT2D eigenvalue weighted by Crippen LogP contribution is 2.35. The Labute approximate surface area is 113 Å². The standard InChI is InChI=1S/C14H22FN3O/c1-19-14-12(15)11(8-9-17-14)13(18-16)10-6-4-2-3-5-7-10/h8-10,13,18H,2-7,16H2,1H3. The van der Waals surface area contributed by atoms with Crippen LogP contribution in [0.1, 0.15) is 50.1 Å².